The number of allylic oxidation sites excluding steroid dienone is 1. The van der Waals surface area contributed by atoms with Gasteiger partial charge in [0.25, 0.3) is 0 Å². The minimum absolute atomic E-state index is 0.311. The first-order chi connectivity index (χ1) is 5.11. The van der Waals surface area contributed by atoms with Crippen LogP contribution in [0.5, 0.6) is 0 Å². The van der Waals surface area contributed by atoms with E-state index in [0.29, 0.717) is 17.1 Å². The van der Waals surface area contributed by atoms with Crippen LogP contribution in [-0.4, -0.2) is 11.7 Å². The van der Waals surface area contributed by atoms with Crippen molar-refractivity contribution in [2.24, 2.45) is 11.3 Å². The lowest BCUT2D eigenvalue weighted by molar-refractivity contribution is 0.339. The molecule has 1 spiro atoms. The van der Waals surface area contributed by atoms with E-state index in [2.05, 4.69) is 26.8 Å². The van der Waals surface area contributed by atoms with Gasteiger partial charge in [0.15, 0.2) is 0 Å². The van der Waals surface area contributed by atoms with Crippen molar-refractivity contribution in [1.29, 1.82) is 0 Å². The van der Waals surface area contributed by atoms with Crippen LogP contribution < -0.4 is 0 Å². The summed E-state index contributed by atoms with van der Waals surface area (Å²) >= 11 is 0. The Morgan fingerprint density at radius 2 is 2.27 bits per heavy atom. The maximum Gasteiger partial charge on any atom is 0.109 e. The molecule has 2 fully saturated rings. The molecule has 1 saturated heterocycles. The average Bonchev–Trinajstić information content (AvgIpc) is 2.72. The predicted molar refractivity (Wildman–Crippen MR) is 43.2 cm³/mol. The summed E-state index contributed by atoms with van der Waals surface area (Å²) in [5, 5.41) is 0. The lowest BCUT2D eigenvalue weighted by atomic mass is 10.0. The molecule has 60 valence electrons. The van der Waals surface area contributed by atoms with Gasteiger partial charge in [-0.2, -0.15) is 0 Å². The number of epoxide rings is 1. The number of ether oxygens (including phenoxy) is 1. The molecule has 11 heavy (non-hydrogen) atoms. The fourth-order valence-electron chi connectivity index (χ4n) is 3.09. The van der Waals surface area contributed by atoms with Crippen molar-refractivity contribution in [2.75, 3.05) is 0 Å². The van der Waals surface area contributed by atoms with E-state index < -0.39 is 0 Å². The van der Waals surface area contributed by atoms with Gasteiger partial charge < -0.3 is 4.74 Å². The predicted octanol–water partition coefficient (Wildman–Crippen LogP) is 2.13. The molecule has 0 aromatic heterocycles. The summed E-state index contributed by atoms with van der Waals surface area (Å²) in [6.45, 7) is 6.87. The summed E-state index contributed by atoms with van der Waals surface area (Å²) < 4.78 is 5.80. The Balaban J connectivity index is 2.03. The van der Waals surface area contributed by atoms with E-state index in [4.69, 9.17) is 4.74 Å². The highest BCUT2D eigenvalue weighted by atomic mass is 16.6. The molecule has 0 radical (unpaired) electrons. The molecule has 1 heteroatoms. The van der Waals surface area contributed by atoms with Gasteiger partial charge in [-0.25, -0.2) is 0 Å². The largest absolute Gasteiger partial charge is 0.360 e. The summed E-state index contributed by atoms with van der Waals surface area (Å²) in [6, 6.07) is 0. The molecule has 1 heterocycles. The van der Waals surface area contributed by atoms with Crippen molar-refractivity contribution in [3.63, 3.8) is 0 Å². The van der Waals surface area contributed by atoms with E-state index in [1.165, 1.54) is 12.0 Å². The minimum Gasteiger partial charge on any atom is -0.360 e. The van der Waals surface area contributed by atoms with E-state index in [9.17, 15) is 0 Å². The van der Waals surface area contributed by atoms with Crippen molar-refractivity contribution in [2.45, 2.75) is 38.9 Å². The van der Waals surface area contributed by atoms with E-state index in [1.807, 2.05) is 0 Å². The standard InChI is InChI=1S/C10H14O/c1-6-4-5-7-9(2,3)10(7)8(6)11-10/h4,7-8H,5H2,1-3H3/t7-,8-,10?/m1/s1. The van der Waals surface area contributed by atoms with Crippen LogP contribution >= 0.6 is 0 Å². The molecule has 3 rings (SSSR count). The second-order valence-corrected chi connectivity index (χ2v) is 4.75. The third-order valence-corrected chi connectivity index (χ3v) is 4.05. The van der Waals surface area contributed by atoms with Crippen LogP contribution in [0, 0.1) is 11.3 Å². The second kappa shape index (κ2) is 1.31. The fraction of sp³-hybridized carbons (Fsp3) is 0.800. The van der Waals surface area contributed by atoms with Crippen LogP contribution in [0.4, 0.5) is 0 Å². The topological polar surface area (TPSA) is 12.5 Å². The van der Waals surface area contributed by atoms with Gasteiger partial charge in [-0.1, -0.05) is 19.9 Å². The van der Waals surface area contributed by atoms with Crippen molar-refractivity contribution < 1.29 is 4.74 Å². The van der Waals surface area contributed by atoms with E-state index >= 15 is 0 Å². The van der Waals surface area contributed by atoms with E-state index in [0.717, 1.165) is 5.92 Å². The highest BCUT2D eigenvalue weighted by Crippen LogP contribution is 2.78. The zero-order valence-corrected chi connectivity index (χ0v) is 7.35. The average molecular weight is 150 g/mol. The number of hydrogen-bond acceptors (Lipinski definition) is 1. The molecule has 0 bridgehead atoms. The summed E-state index contributed by atoms with van der Waals surface area (Å²) in [4.78, 5) is 0. The van der Waals surface area contributed by atoms with E-state index in [1.54, 1.807) is 0 Å². The minimum atomic E-state index is 0.311. The molecular formula is C10H14O. The zero-order valence-electron chi connectivity index (χ0n) is 7.35. The molecule has 0 aromatic carbocycles. The Hall–Kier alpha value is -0.300. The summed E-state index contributed by atoms with van der Waals surface area (Å²) in [5.74, 6) is 0.823. The van der Waals surface area contributed by atoms with Crippen molar-refractivity contribution in [3.8, 4) is 0 Å². The van der Waals surface area contributed by atoms with Gasteiger partial charge >= 0.3 is 0 Å². The molecule has 3 aliphatic rings. The second-order valence-electron chi connectivity index (χ2n) is 4.75. The Morgan fingerprint density at radius 3 is 2.91 bits per heavy atom. The quantitative estimate of drug-likeness (QED) is 0.380. The molecule has 1 unspecified atom stereocenters. The first-order valence-corrected chi connectivity index (χ1v) is 4.45. The lowest BCUT2D eigenvalue weighted by Crippen LogP contribution is -2.05. The fourth-order valence-corrected chi connectivity index (χ4v) is 3.09. The zero-order chi connectivity index (χ0) is 7.85. The van der Waals surface area contributed by atoms with Crippen LogP contribution in [0.25, 0.3) is 0 Å². The third-order valence-electron chi connectivity index (χ3n) is 4.05. The maximum atomic E-state index is 5.80. The van der Waals surface area contributed by atoms with Gasteiger partial charge in [-0.05, 0) is 18.9 Å². The Bertz CT molecular complexity index is 264. The molecule has 1 nitrogen and oxygen atoms in total. The Morgan fingerprint density at radius 1 is 1.55 bits per heavy atom. The van der Waals surface area contributed by atoms with Crippen LogP contribution in [0.2, 0.25) is 0 Å². The molecule has 1 aliphatic heterocycles. The summed E-state index contributed by atoms with van der Waals surface area (Å²) in [6.07, 6.45) is 4.10. The lowest BCUT2D eigenvalue weighted by Gasteiger charge is -1.99. The molecule has 2 aliphatic carbocycles. The molecular weight excluding hydrogens is 136 g/mol. The maximum absolute atomic E-state index is 5.80. The monoisotopic (exact) mass is 150 g/mol. The van der Waals surface area contributed by atoms with Crippen LogP contribution in [0.1, 0.15) is 27.2 Å². The van der Waals surface area contributed by atoms with Crippen molar-refractivity contribution in [3.05, 3.63) is 11.6 Å². The van der Waals surface area contributed by atoms with Gasteiger partial charge in [0.1, 0.15) is 11.7 Å². The first kappa shape index (κ1) is 6.24. The highest BCUT2D eigenvalue weighted by Gasteiger charge is 2.86. The van der Waals surface area contributed by atoms with Crippen molar-refractivity contribution in [1.82, 2.24) is 0 Å². The Labute approximate surface area is 67.4 Å². The van der Waals surface area contributed by atoms with Gasteiger partial charge in [-0.3, -0.25) is 0 Å². The van der Waals surface area contributed by atoms with Crippen LogP contribution in [0.3, 0.4) is 0 Å². The van der Waals surface area contributed by atoms with Crippen LogP contribution in [0.15, 0.2) is 11.6 Å². The molecule has 0 amide bonds. The molecule has 3 atom stereocenters. The van der Waals surface area contributed by atoms with Gasteiger partial charge in [0, 0.05) is 11.3 Å². The number of rotatable bonds is 0. The normalized spacial score (nSPS) is 55.7. The van der Waals surface area contributed by atoms with Gasteiger partial charge in [-0.15, -0.1) is 0 Å². The van der Waals surface area contributed by atoms with E-state index in [-0.39, 0.29) is 0 Å². The summed E-state index contributed by atoms with van der Waals surface area (Å²) in [5.41, 5.74) is 2.24. The van der Waals surface area contributed by atoms with Crippen molar-refractivity contribution >= 4 is 0 Å². The SMILES string of the molecule is CC1=CC[C@@H]2C(C)(C)C23O[C@H]13. The van der Waals surface area contributed by atoms with Gasteiger partial charge in [0.05, 0.1) is 0 Å². The van der Waals surface area contributed by atoms with Crippen LogP contribution in [-0.2, 0) is 4.74 Å². The third kappa shape index (κ3) is 0.427. The number of hydrogen-bond donors (Lipinski definition) is 0. The smallest absolute Gasteiger partial charge is 0.109 e. The molecule has 1 saturated carbocycles. The highest BCUT2D eigenvalue weighted by molar-refractivity contribution is 5.43. The molecule has 0 aromatic rings. The molecule has 0 N–H and O–H groups in total. The van der Waals surface area contributed by atoms with Gasteiger partial charge in [0.2, 0.25) is 0 Å². The first-order valence-electron chi connectivity index (χ1n) is 4.45. The summed E-state index contributed by atoms with van der Waals surface area (Å²) in [7, 11) is 0. The Kier molecular flexibility index (Phi) is 0.742.